The Kier molecular flexibility index (Phi) is 7.47. The van der Waals surface area contributed by atoms with Crippen LogP contribution in [-0.4, -0.2) is 28.8 Å². The maximum absolute atomic E-state index is 11.7. The van der Waals surface area contributed by atoms with Crippen LogP contribution in [0.5, 0.6) is 0 Å². The summed E-state index contributed by atoms with van der Waals surface area (Å²) in [6, 6.07) is 0.402. The van der Waals surface area contributed by atoms with Crippen molar-refractivity contribution in [1.29, 1.82) is 0 Å². The zero-order valence-electron chi connectivity index (χ0n) is 10.2. The standard InChI is InChI=1S/C11H25NOS/c1-6-10(4)11(12-5)8-14(13)7-9(2)3/h9-12H,6-8H2,1-5H3. The van der Waals surface area contributed by atoms with Crippen molar-refractivity contribution in [3.05, 3.63) is 0 Å². The first-order valence-corrected chi connectivity index (χ1v) is 7.02. The highest BCUT2D eigenvalue weighted by Crippen LogP contribution is 2.09. The zero-order valence-corrected chi connectivity index (χ0v) is 11.0. The minimum atomic E-state index is -0.665. The molecule has 1 N–H and O–H groups in total. The van der Waals surface area contributed by atoms with E-state index in [0.717, 1.165) is 17.9 Å². The molecule has 3 heteroatoms. The van der Waals surface area contributed by atoms with Gasteiger partial charge in [0.05, 0.1) is 0 Å². The highest BCUT2D eigenvalue weighted by molar-refractivity contribution is 7.85. The van der Waals surface area contributed by atoms with Crippen molar-refractivity contribution in [1.82, 2.24) is 5.32 Å². The van der Waals surface area contributed by atoms with Gasteiger partial charge in [-0.25, -0.2) is 0 Å². The van der Waals surface area contributed by atoms with Crippen LogP contribution in [0.3, 0.4) is 0 Å². The van der Waals surface area contributed by atoms with Crippen LogP contribution in [0.1, 0.15) is 34.1 Å². The molecule has 3 unspecified atom stereocenters. The molecule has 0 saturated carbocycles. The van der Waals surface area contributed by atoms with E-state index in [1.54, 1.807) is 0 Å². The molecule has 0 bridgehead atoms. The Bertz CT molecular complexity index is 171. The molecule has 0 spiro atoms. The van der Waals surface area contributed by atoms with Crippen LogP contribution in [-0.2, 0) is 10.8 Å². The molecule has 0 aliphatic carbocycles. The van der Waals surface area contributed by atoms with Gasteiger partial charge in [-0.2, -0.15) is 0 Å². The van der Waals surface area contributed by atoms with Gasteiger partial charge in [0.1, 0.15) is 0 Å². The summed E-state index contributed by atoms with van der Waals surface area (Å²) in [7, 11) is 1.30. The first-order valence-electron chi connectivity index (χ1n) is 5.53. The van der Waals surface area contributed by atoms with Gasteiger partial charge in [0, 0.05) is 28.3 Å². The van der Waals surface area contributed by atoms with Gasteiger partial charge in [-0.1, -0.05) is 34.1 Å². The molecule has 0 aromatic heterocycles. The third-order valence-corrected chi connectivity index (χ3v) is 4.36. The third-order valence-electron chi connectivity index (χ3n) is 2.59. The summed E-state index contributed by atoms with van der Waals surface area (Å²) < 4.78 is 11.7. The highest BCUT2D eigenvalue weighted by Gasteiger charge is 2.16. The summed E-state index contributed by atoms with van der Waals surface area (Å²) >= 11 is 0. The third kappa shape index (κ3) is 5.76. The van der Waals surface area contributed by atoms with Crippen LogP contribution >= 0.6 is 0 Å². The van der Waals surface area contributed by atoms with Crippen LogP contribution in [0.4, 0.5) is 0 Å². The van der Waals surface area contributed by atoms with E-state index in [9.17, 15) is 4.21 Å². The normalized spacial score (nSPS) is 18.1. The van der Waals surface area contributed by atoms with Gasteiger partial charge in [-0.05, 0) is 18.9 Å². The molecule has 0 aromatic rings. The molecule has 14 heavy (non-hydrogen) atoms. The summed E-state index contributed by atoms with van der Waals surface area (Å²) in [6.07, 6.45) is 1.14. The second kappa shape index (κ2) is 7.41. The average Bonchev–Trinajstić information content (AvgIpc) is 2.11. The van der Waals surface area contributed by atoms with Crippen LogP contribution in [0, 0.1) is 11.8 Å². The molecule has 0 radical (unpaired) electrons. The summed E-state index contributed by atoms with van der Waals surface area (Å²) in [5.74, 6) is 2.76. The molecule has 0 aliphatic rings. The fourth-order valence-electron chi connectivity index (χ4n) is 1.46. The van der Waals surface area contributed by atoms with E-state index in [2.05, 4.69) is 33.0 Å². The molecule has 0 saturated heterocycles. The van der Waals surface area contributed by atoms with Gasteiger partial charge >= 0.3 is 0 Å². The van der Waals surface area contributed by atoms with Crippen molar-refractivity contribution in [3.8, 4) is 0 Å². The lowest BCUT2D eigenvalue weighted by Crippen LogP contribution is -2.37. The molecule has 0 aromatic carbocycles. The van der Waals surface area contributed by atoms with Crippen LogP contribution in [0.15, 0.2) is 0 Å². The first-order chi connectivity index (χ1) is 6.51. The van der Waals surface area contributed by atoms with Crippen molar-refractivity contribution < 1.29 is 4.21 Å². The minimum Gasteiger partial charge on any atom is -0.316 e. The predicted octanol–water partition coefficient (Wildman–Crippen LogP) is 2.03. The van der Waals surface area contributed by atoms with E-state index in [1.807, 2.05) is 7.05 Å². The van der Waals surface area contributed by atoms with Gasteiger partial charge in [0.2, 0.25) is 0 Å². The molecule has 86 valence electrons. The van der Waals surface area contributed by atoms with Gasteiger partial charge in [0.25, 0.3) is 0 Å². The van der Waals surface area contributed by atoms with E-state index in [0.29, 0.717) is 17.9 Å². The fourth-order valence-corrected chi connectivity index (χ4v) is 3.23. The Morgan fingerprint density at radius 3 is 2.14 bits per heavy atom. The van der Waals surface area contributed by atoms with Crippen molar-refractivity contribution in [3.63, 3.8) is 0 Å². The van der Waals surface area contributed by atoms with E-state index < -0.39 is 10.8 Å². The lowest BCUT2D eigenvalue weighted by atomic mass is 10.0. The van der Waals surface area contributed by atoms with Crippen molar-refractivity contribution >= 4 is 10.8 Å². The maximum atomic E-state index is 11.7. The molecule has 0 heterocycles. The molecule has 0 rings (SSSR count). The van der Waals surface area contributed by atoms with Crippen LogP contribution in [0.2, 0.25) is 0 Å². The highest BCUT2D eigenvalue weighted by atomic mass is 32.2. The Balaban J connectivity index is 3.98. The molecule has 3 atom stereocenters. The van der Waals surface area contributed by atoms with E-state index in [4.69, 9.17) is 0 Å². The molecular formula is C11H25NOS. The van der Waals surface area contributed by atoms with Crippen molar-refractivity contribution in [2.45, 2.75) is 40.2 Å². The Hall–Kier alpha value is 0.110. The number of nitrogens with one attached hydrogen (secondary N) is 1. The Morgan fingerprint density at radius 2 is 1.79 bits per heavy atom. The molecule has 0 fully saturated rings. The minimum absolute atomic E-state index is 0.402. The zero-order chi connectivity index (χ0) is 11.1. The van der Waals surface area contributed by atoms with Gasteiger partial charge in [-0.15, -0.1) is 0 Å². The number of hydrogen-bond donors (Lipinski definition) is 1. The topological polar surface area (TPSA) is 29.1 Å². The lowest BCUT2D eigenvalue weighted by molar-refractivity contribution is 0.417. The summed E-state index contributed by atoms with van der Waals surface area (Å²) in [5.41, 5.74) is 0. The Labute approximate surface area is 91.3 Å². The lowest BCUT2D eigenvalue weighted by Gasteiger charge is -2.22. The van der Waals surface area contributed by atoms with Gasteiger partial charge in [0.15, 0.2) is 0 Å². The Morgan fingerprint density at radius 1 is 1.21 bits per heavy atom. The van der Waals surface area contributed by atoms with Crippen LogP contribution < -0.4 is 5.32 Å². The van der Waals surface area contributed by atoms with Crippen LogP contribution in [0.25, 0.3) is 0 Å². The van der Waals surface area contributed by atoms with Crippen molar-refractivity contribution in [2.24, 2.45) is 11.8 Å². The van der Waals surface area contributed by atoms with Crippen molar-refractivity contribution in [2.75, 3.05) is 18.6 Å². The quantitative estimate of drug-likeness (QED) is 0.710. The molecule has 2 nitrogen and oxygen atoms in total. The van der Waals surface area contributed by atoms with E-state index in [-0.39, 0.29) is 0 Å². The summed E-state index contributed by atoms with van der Waals surface area (Å²) in [6.45, 7) is 8.64. The fraction of sp³-hybridized carbons (Fsp3) is 1.00. The smallest absolute Gasteiger partial charge is 0.0391 e. The van der Waals surface area contributed by atoms with E-state index in [1.165, 1.54) is 0 Å². The average molecular weight is 219 g/mol. The monoisotopic (exact) mass is 219 g/mol. The van der Waals surface area contributed by atoms with E-state index >= 15 is 0 Å². The first kappa shape index (κ1) is 14.1. The molecule has 0 aliphatic heterocycles. The second-order valence-electron chi connectivity index (χ2n) is 4.45. The van der Waals surface area contributed by atoms with Gasteiger partial charge in [-0.3, -0.25) is 4.21 Å². The largest absolute Gasteiger partial charge is 0.316 e. The number of rotatable bonds is 7. The molecule has 0 amide bonds. The predicted molar refractivity (Wildman–Crippen MR) is 65.0 cm³/mol. The summed E-state index contributed by atoms with van der Waals surface area (Å²) in [4.78, 5) is 0. The molecular weight excluding hydrogens is 194 g/mol. The van der Waals surface area contributed by atoms with Gasteiger partial charge < -0.3 is 5.32 Å². The SMILES string of the molecule is CCC(C)C(CS(=O)CC(C)C)NC. The maximum Gasteiger partial charge on any atom is 0.0391 e. The summed E-state index contributed by atoms with van der Waals surface area (Å²) in [5, 5.41) is 3.26. The number of hydrogen-bond acceptors (Lipinski definition) is 2. The second-order valence-corrected chi connectivity index (χ2v) is 5.99.